The van der Waals surface area contributed by atoms with Crippen molar-refractivity contribution in [2.24, 2.45) is 10.9 Å². The molecule has 3 aliphatic rings. The highest BCUT2D eigenvalue weighted by Crippen LogP contribution is 2.30. The SMILES string of the molecule is CC1=CC2=NC(=O)C[C@](C)(C(=O)NC(C)(C)CN3CCC[C@@H](C)C3)N2C=C1. The van der Waals surface area contributed by atoms with E-state index in [9.17, 15) is 9.59 Å². The zero-order valence-electron chi connectivity index (χ0n) is 17.2. The fourth-order valence-corrected chi connectivity index (χ4v) is 4.30. The summed E-state index contributed by atoms with van der Waals surface area (Å²) in [5.74, 6) is 0.870. The number of fused-ring (bicyclic) bond motifs is 1. The van der Waals surface area contributed by atoms with Gasteiger partial charge in [0, 0.05) is 24.8 Å². The van der Waals surface area contributed by atoms with Gasteiger partial charge >= 0.3 is 0 Å². The molecule has 0 aliphatic carbocycles. The van der Waals surface area contributed by atoms with Gasteiger partial charge in [0.15, 0.2) is 0 Å². The minimum Gasteiger partial charge on any atom is -0.348 e. The summed E-state index contributed by atoms with van der Waals surface area (Å²) in [6.45, 7) is 13.1. The molecule has 0 saturated carbocycles. The van der Waals surface area contributed by atoms with E-state index in [0.717, 1.165) is 25.2 Å². The van der Waals surface area contributed by atoms with Crippen LogP contribution in [0.3, 0.4) is 0 Å². The summed E-state index contributed by atoms with van der Waals surface area (Å²) in [5.41, 5.74) is -0.323. The van der Waals surface area contributed by atoms with Gasteiger partial charge in [-0.3, -0.25) is 9.59 Å². The lowest BCUT2D eigenvalue weighted by Gasteiger charge is -2.44. The Hall–Kier alpha value is -1.95. The topological polar surface area (TPSA) is 65.0 Å². The number of amidine groups is 1. The van der Waals surface area contributed by atoms with Gasteiger partial charge in [0.1, 0.15) is 11.4 Å². The van der Waals surface area contributed by atoms with Crippen LogP contribution < -0.4 is 5.32 Å². The molecular weight excluding hydrogens is 340 g/mol. The number of likely N-dealkylation sites (tertiary alicyclic amines) is 1. The first-order valence-corrected chi connectivity index (χ1v) is 9.91. The van der Waals surface area contributed by atoms with E-state index in [4.69, 9.17) is 0 Å². The Morgan fingerprint density at radius 2 is 2.19 bits per heavy atom. The van der Waals surface area contributed by atoms with Gasteiger partial charge in [-0.25, -0.2) is 0 Å². The second kappa shape index (κ2) is 7.23. The van der Waals surface area contributed by atoms with Gasteiger partial charge < -0.3 is 15.1 Å². The number of carbonyl (C=O) groups excluding carboxylic acids is 2. The van der Waals surface area contributed by atoms with Gasteiger partial charge in [-0.15, -0.1) is 0 Å². The van der Waals surface area contributed by atoms with Gasteiger partial charge in [0.25, 0.3) is 5.91 Å². The van der Waals surface area contributed by atoms with E-state index < -0.39 is 5.54 Å². The van der Waals surface area contributed by atoms with Crippen molar-refractivity contribution in [3.63, 3.8) is 0 Å². The molecule has 1 N–H and O–H groups in total. The number of piperidine rings is 1. The fraction of sp³-hybridized carbons (Fsp3) is 0.667. The van der Waals surface area contributed by atoms with E-state index in [1.807, 2.05) is 37.1 Å². The van der Waals surface area contributed by atoms with E-state index in [1.54, 1.807) is 0 Å². The van der Waals surface area contributed by atoms with Crippen LogP contribution in [-0.2, 0) is 9.59 Å². The zero-order chi connectivity index (χ0) is 19.8. The summed E-state index contributed by atoms with van der Waals surface area (Å²) in [6.07, 6.45) is 8.22. The summed E-state index contributed by atoms with van der Waals surface area (Å²) in [6, 6.07) is 0. The van der Waals surface area contributed by atoms with Crippen LogP contribution >= 0.6 is 0 Å². The summed E-state index contributed by atoms with van der Waals surface area (Å²) in [4.78, 5) is 33.9. The summed E-state index contributed by atoms with van der Waals surface area (Å²) in [7, 11) is 0. The van der Waals surface area contributed by atoms with Crippen LogP contribution in [-0.4, -0.2) is 58.2 Å². The average molecular weight is 373 g/mol. The highest BCUT2D eigenvalue weighted by Gasteiger charge is 2.46. The minimum atomic E-state index is -0.964. The molecule has 0 unspecified atom stereocenters. The number of amides is 2. The maximum atomic E-state index is 13.3. The third kappa shape index (κ3) is 4.32. The Kier molecular flexibility index (Phi) is 5.30. The first-order chi connectivity index (χ1) is 12.6. The molecule has 6 heteroatoms. The molecule has 6 nitrogen and oxygen atoms in total. The smallest absolute Gasteiger partial charge is 0.250 e. The Balaban J connectivity index is 1.73. The Labute approximate surface area is 162 Å². The van der Waals surface area contributed by atoms with Gasteiger partial charge in [0.2, 0.25) is 5.91 Å². The second-order valence-corrected chi connectivity index (χ2v) is 9.21. The number of nitrogens with zero attached hydrogens (tertiary/aromatic N) is 3. The third-order valence-corrected chi connectivity index (χ3v) is 5.66. The van der Waals surface area contributed by atoms with E-state index >= 15 is 0 Å². The molecule has 0 aromatic carbocycles. The normalized spacial score (nSPS) is 29.1. The van der Waals surface area contributed by atoms with Crippen molar-refractivity contribution in [2.45, 2.75) is 65.0 Å². The van der Waals surface area contributed by atoms with E-state index in [0.29, 0.717) is 11.8 Å². The van der Waals surface area contributed by atoms with Crippen molar-refractivity contribution in [3.8, 4) is 0 Å². The molecule has 0 radical (unpaired) electrons. The minimum absolute atomic E-state index is 0.0798. The number of aliphatic imine (C=N–C) groups is 1. The molecule has 27 heavy (non-hydrogen) atoms. The molecular formula is C21H32N4O2. The lowest BCUT2D eigenvalue weighted by Crippen LogP contribution is -2.64. The molecule has 0 bridgehead atoms. The highest BCUT2D eigenvalue weighted by molar-refractivity contribution is 6.10. The number of nitrogens with one attached hydrogen (secondary N) is 1. The lowest BCUT2D eigenvalue weighted by atomic mass is 9.89. The molecule has 1 fully saturated rings. The van der Waals surface area contributed by atoms with Crippen LogP contribution in [0.1, 0.15) is 53.9 Å². The van der Waals surface area contributed by atoms with E-state index in [-0.39, 0.29) is 23.8 Å². The maximum Gasteiger partial charge on any atom is 0.250 e. The zero-order valence-corrected chi connectivity index (χ0v) is 17.2. The van der Waals surface area contributed by atoms with Gasteiger partial charge in [-0.1, -0.05) is 6.92 Å². The van der Waals surface area contributed by atoms with E-state index in [2.05, 4.69) is 36.0 Å². The number of allylic oxidation sites excluding steroid dienone is 2. The predicted molar refractivity (Wildman–Crippen MR) is 107 cm³/mol. The molecule has 0 spiro atoms. The summed E-state index contributed by atoms with van der Waals surface area (Å²) in [5, 5.41) is 3.21. The molecule has 3 rings (SSSR count). The number of hydrogen-bond donors (Lipinski definition) is 1. The van der Waals surface area contributed by atoms with Gasteiger partial charge in [0.05, 0.1) is 6.42 Å². The second-order valence-electron chi connectivity index (χ2n) is 9.21. The quantitative estimate of drug-likeness (QED) is 0.823. The standard InChI is InChI=1S/C21H32N4O2/c1-15-8-10-25-17(11-15)22-18(26)12-21(25,5)19(27)23-20(3,4)14-24-9-6-7-16(2)13-24/h8,10-11,16H,6-7,9,12-14H2,1-5H3,(H,23,27)/t16-,21-/m1/s1. The fourth-order valence-electron chi connectivity index (χ4n) is 4.30. The molecule has 2 atom stereocenters. The van der Waals surface area contributed by atoms with Crippen molar-refractivity contribution >= 4 is 17.6 Å². The molecule has 2 amide bonds. The van der Waals surface area contributed by atoms with Crippen molar-refractivity contribution in [1.29, 1.82) is 0 Å². The van der Waals surface area contributed by atoms with Gasteiger partial charge in [-0.05, 0) is 70.7 Å². The van der Waals surface area contributed by atoms with Gasteiger partial charge in [-0.2, -0.15) is 4.99 Å². The van der Waals surface area contributed by atoms with E-state index in [1.165, 1.54) is 12.8 Å². The first-order valence-electron chi connectivity index (χ1n) is 9.91. The van der Waals surface area contributed by atoms with Crippen LogP contribution in [0.15, 0.2) is 28.9 Å². The van der Waals surface area contributed by atoms with Crippen molar-refractivity contribution in [3.05, 3.63) is 23.9 Å². The van der Waals surface area contributed by atoms with Crippen LogP contribution in [0.4, 0.5) is 0 Å². The lowest BCUT2D eigenvalue weighted by molar-refractivity contribution is -0.136. The molecule has 3 heterocycles. The number of rotatable bonds is 4. The first kappa shape index (κ1) is 19.8. The van der Waals surface area contributed by atoms with Crippen molar-refractivity contribution < 1.29 is 9.59 Å². The van der Waals surface area contributed by atoms with Crippen molar-refractivity contribution in [2.75, 3.05) is 19.6 Å². The van der Waals surface area contributed by atoms with Crippen LogP contribution in [0.2, 0.25) is 0 Å². The molecule has 148 valence electrons. The summed E-state index contributed by atoms with van der Waals surface area (Å²) >= 11 is 0. The number of hydrogen-bond acceptors (Lipinski definition) is 4. The predicted octanol–water partition coefficient (Wildman–Crippen LogP) is 2.48. The largest absolute Gasteiger partial charge is 0.348 e. The van der Waals surface area contributed by atoms with Crippen LogP contribution in [0.5, 0.6) is 0 Å². The maximum absolute atomic E-state index is 13.3. The average Bonchev–Trinajstić information content (AvgIpc) is 2.53. The third-order valence-electron chi connectivity index (χ3n) is 5.66. The van der Waals surface area contributed by atoms with Crippen molar-refractivity contribution in [1.82, 2.24) is 15.1 Å². The Morgan fingerprint density at radius 1 is 1.44 bits per heavy atom. The Bertz CT molecular complexity index is 722. The van der Waals surface area contributed by atoms with Crippen LogP contribution in [0.25, 0.3) is 0 Å². The molecule has 0 aromatic rings. The monoisotopic (exact) mass is 372 g/mol. The molecule has 1 saturated heterocycles. The highest BCUT2D eigenvalue weighted by atomic mass is 16.2. The Morgan fingerprint density at radius 3 is 2.89 bits per heavy atom. The molecule has 0 aromatic heterocycles. The van der Waals surface area contributed by atoms with Crippen LogP contribution in [0, 0.1) is 5.92 Å². The summed E-state index contributed by atoms with van der Waals surface area (Å²) < 4.78 is 0. The molecule has 3 aliphatic heterocycles. The number of carbonyl (C=O) groups is 2.